The summed E-state index contributed by atoms with van der Waals surface area (Å²) in [7, 11) is -0.0383. The summed E-state index contributed by atoms with van der Waals surface area (Å²) in [6.07, 6.45) is 1.92. The Kier molecular flexibility index (Phi) is 6.38. The highest BCUT2D eigenvalue weighted by Gasteiger charge is 2.13. The van der Waals surface area contributed by atoms with E-state index in [2.05, 4.69) is 14.4 Å². The molecule has 0 saturated heterocycles. The molecular formula is C10H12Cl2N2O3S. The number of nitrogens with zero attached hydrogens (tertiary/aromatic N) is 1. The molecule has 1 heterocycles. The molecule has 1 aromatic heterocycles. The fraction of sp³-hybridized carbons (Fsp3) is 0.400. The number of anilines is 1. The predicted octanol–water partition coefficient (Wildman–Crippen LogP) is 2.23. The number of aromatic nitrogens is 1. The molecule has 100 valence electrons. The molecule has 1 N–H and O–H groups in total. The molecule has 0 aliphatic heterocycles. The Morgan fingerprint density at radius 2 is 2.33 bits per heavy atom. The summed E-state index contributed by atoms with van der Waals surface area (Å²) in [6.45, 7) is 0. The van der Waals surface area contributed by atoms with Gasteiger partial charge >= 0.3 is 5.97 Å². The van der Waals surface area contributed by atoms with Crippen molar-refractivity contribution in [2.24, 2.45) is 0 Å². The predicted molar refractivity (Wildman–Crippen MR) is 72.6 cm³/mol. The minimum Gasteiger partial charge on any atom is -0.465 e. The average molecular weight is 311 g/mol. The molecule has 1 rings (SSSR count). The monoisotopic (exact) mass is 310 g/mol. The first-order valence-corrected chi connectivity index (χ1v) is 7.26. The average Bonchev–Trinajstić information content (AvgIpc) is 2.37. The summed E-state index contributed by atoms with van der Waals surface area (Å²) in [5.41, 5.74) is 0.172. The van der Waals surface area contributed by atoms with Crippen molar-refractivity contribution >= 4 is 46.0 Å². The van der Waals surface area contributed by atoms with Gasteiger partial charge in [-0.05, 0) is 12.5 Å². The largest absolute Gasteiger partial charge is 0.465 e. The van der Waals surface area contributed by atoms with E-state index in [1.165, 1.54) is 19.4 Å². The van der Waals surface area contributed by atoms with E-state index < -0.39 is 17.0 Å². The lowest BCUT2D eigenvalue weighted by Crippen LogP contribution is -2.11. The first-order chi connectivity index (χ1) is 8.58. The first kappa shape index (κ1) is 15.2. The molecule has 0 fully saturated rings. The molecule has 0 aliphatic rings. The molecule has 0 spiro atoms. The lowest BCUT2D eigenvalue weighted by atomic mass is 10.2. The first-order valence-electron chi connectivity index (χ1n) is 5.03. The minimum absolute atomic E-state index is 0.172. The number of hydrogen-bond acceptors (Lipinski definition) is 4. The van der Waals surface area contributed by atoms with Crippen LogP contribution in [0.5, 0.6) is 0 Å². The molecule has 5 nitrogen and oxygen atoms in total. The van der Waals surface area contributed by atoms with Crippen molar-refractivity contribution in [2.45, 2.75) is 6.42 Å². The van der Waals surface area contributed by atoms with E-state index >= 15 is 0 Å². The zero-order valence-corrected chi connectivity index (χ0v) is 11.9. The third-order valence-corrected chi connectivity index (χ3v) is 3.61. The number of halogens is 2. The number of carbonyl (C=O) groups excluding carboxylic acids is 1. The highest BCUT2D eigenvalue weighted by atomic mass is 35.5. The van der Waals surface area contributed by atoms with Gasteiger partial charge < -0.3 is 4.74 Å². The molecule has 1 unspecified atom stereocenters. The van der Waals surface area contributed by atoms with Crippen LogP contribution in [0, 0.1) is 0 Å². The molecule has 0 saturated carbocycles. The summed E-state index contributed by atoms with van der Waals surface area (Å²) < 4.78 is 18.8. The van der Waals surface area contributed by atoms with E-state index in [1.54, 1.807) is 0 Å². The summed E-state index contributed by atoms with van der Waals surface area (Å²) in [5, 5.41) is 0.180. The molecule has 0 radical (unpaired) electrons. The second kappa shape index (κ2) is 7.56. The maximum Gasteiger partial charge on any atom is 0.339 e. The van der Waals surface area contributed by atoms with E-state index in [9.17, 15) is 9.00 Å². The van der Waals surface area contributed by atoms with Gasteiger partial charge in [-0.3, -0.25) is 4.72 Å². The highest BCUT2D eigenvalue weighted by molar-refractivity contribution is 7.86. The number of nitrogens with one attached hydrogen (secondary N) is 1. The summed E-state index contributed by atoms with van der Waals surface area (Å²) in [4.78, 5) is 15.3. The van der Waals surface area contributed by atoms with Gasteiger partial charge in [0.2, 0.25) is 0 Å². The lowest BCUT2D eigenvalue weighted by molar-refractivity contribution is 0.0601. The quantitative estimate of drug-likeness (QED) is 0.646. The second-order valence-electron chi connectivity index (χ2n) is 3.24. The molecule has 1 atom stereocenters. The Labute approximate surface area is 117 Å². The Hall–Kier alpha value is -0.850. The van der Waals surface area contributed by atoms with Gasteiger partial charge in [0, 0.05) is 17.8 Å². The van der Waals surface area contributed by atoms with Crippen molar-refractivity contribution in [3.8, 4) is 0 Å². The lowest BCUT2D eigenvalue weighted by Gasteiger charge is -2.07. The van der Waals surface area contributed by atoms with Crippen LogP contribution in [0.3, 0.4) is 0 Å². The van der Waals surface area contributed by atoms with E-state index in [4.69, 9.17) is 23.2 Å². The van der Waals surface area contributed by atoms with Crippen molar-refractivity contribution in [3.05, 3.63) is 22.8 Å². The maximum absolute atomic E-state index is 11.6. The van der Waals surface area contributed by atoms with E-state index in [1.807, 2.05) is 0 Å². The summed E-state index contributed by atoms with van der Waals surface area (Å²) in [5.74, 6) is 0.570. The number of pyridine rings is 1. The van der Waals surface area contributed by atoms with E-state index in [0.29, 0.717) is 23.9 Å². The minimum atomic E-state index is -1.29. The van der Waals surface area contributed by atoms with Crippen LogP contribution in [0.25, 0.3) is 0 Å². The molecule has 0 bridgehead atoms. The highest BCUT2D eigenvalue weighted by Crippen LogP contribution is 2.19. The Morgan fingerprint density at radius 3 is 2.94 bits per heavy atom. The van der Waals surface area contributed by atoms with Gasteiger partial charge in [0.05, 0.1) is 17.7 Å². The zero-order chi connectivity index (χ0) is 13.5. The van der Waals surface area contributed by atoms with Crippen LogP contribution in [-0.2, 0) is 15.7 Å². The van der Waals surface area contributed by atoms with Gasteiger partial charge in [-0.2, -0.15) is 0 Å². The number of carbonyl (C=O) groups is 1. The molecule has 1 aromatic rings. The molecule has 0 aromatic carbocycles. The van der Waals surface area contributed by atoms with E-state index in [0.717, 1.165) is 0 Å². The Morgan fingerprint density at radius 1 is 1.61 bits per heavy atom. The fourth-order valence-electron chi connectivity index (χ4n) is 1.11. The standard InChI is InChI=1S/C10H12Cl2N2O3S/c1-17-10(15)7-5-9(13-6-8(7)12)14-18(16)4-2-3-11/h5-6H,2-4H2,1H3,(H,13,14). The number of rotatable bonds is 6. The third-order valence-electron chi connectivity index (χ3n) is 1.94. The van der Waals surface area contributed by atoms with Crippen LogP contribution in [0.4, 0.5) is 5.82 Å². The van der Waals surface area contributed by atoms with Crippen LogP contribution in [0.2, 0.25) is 5.02 Å². The van der Waals surface area contributed by atoms with Crippen LogP contribution < -0.4 is 4.72 Å². The number of methoxy groups -OCH3 is 1. The molecule has 18 heavy (non-hydrogen) atoms. The Bertz CT molecular complexity index is 457. The van der Waals surface area contributed by atoms with Gasteiger partial charge in [0.15, 0.2) is 0 Å². The molecule has 0 aliphatic carbocycles. The number of esters is 1. The molecule has 0 amide bonds. The third kappa shape index (κ3) is 4.44. The summed E-state index contributed by atoms with van der Waals surface area (Å²) >= 11 is 11.3. The number of ether oxygens (including phenoxy) is 1. The van der Waals surface area contributed by atoms with Gasteiger partial charge in [-0.15, -0.1) is 11.6 Å². The number of alkyl halides is 1. The van der Waals surface area contributed by atoms with Crippen LogP contribution in [0.1, 0.15) is 16.8 Å². The van der Waals surface area contributed by atoms with Crippen molar-refractivity contribution in [3.63, 3.8) is 0 Å². The van der Waals surface area contributed by atoms with Gasteiger partial charge in [0.25, 0.3) is 0 Å². The van der Waals surface area contributed by atoms with Crippen LogP contribution in [0.15, 0.2) is 12.3 Å². The van der Waals surface area contributed by atoms with Crippen LogP contribution >= 0.6 is 23.2 Å². The number of hydrogen-bond donors (Lipinski definition) is 1. The maximum atomic E-state index is 11.6. The fourth-order valence-corrected chi connectivity index (χ4v) is 2.44. The SMILES string of the molecule is COC(=O)c1cc(NS(=O)CCCCl)ncc1Cl. The molecular weight excluding hydrogens is 299 g/mol. The zero-order valence-electron chi connectivity index (χ0n) is 9.61. The second-order valence-corrected chi connectivity index (χ2v) is 5.32. The van der Waals surface area contributed by atoms with Crippen LogP contribution in [-0.4, -0.2) is 33.9 Å². The van der Waals surface area contributed by atoms with Crippen molar-refractivity contribution in [1.29, 1.82) is 0 Å². The van der Waals surface area contributed by atoms with Crippen molar-refractivity contribution in [1.82, 2.24) is 4.98 Å². The van der Waals surface area contributed by atoms with Gasteiger partial charge in [-0.25, -0.2) is 14.0 Å². The Balaban J connectivity index is 2.79. The normalized spacial score (nSPS) is 11.9. The smallest absolute Gasteiger partial charge is 0.339 e. The van der Waals surface area contributed by atoms with Gasteiger partial charge in [0.1, 0.15) is 16.8 Å². The van der Waals surface area contributed by atoms with E-state index in [-0.39, 0.29) is 10.6 Å². The van der Waals surface area contributed by atoms with Crippen molar-refractivity contribution in [2.75, 3.05) is 23.5 Å². The molecule has 8 heteroatoms. The summed E-state index contributed by atoms with van der Waals surface area (Å²) in [6, 6.07) is 1.40. The van der Waals surface area contributed by atoms with Gasteiger partial charge in [-0.1, -0.05) is 11.6 Å². The topological polar surface area (TPSA) is 68.3 Å². The van der Waals surface area contributed by atoms with Crippen molar-refractivity contribution < 1.29 is 13.7 Å².